The monoisotopic (exact) mass is 316 g/mol. The molecule has 0 bridgehead atoms. The molecule has 0 saturated heterocycles. The van der Waals surface area contributed by atoms with Gasteiger partial charge < -0.3 is 9.84 Å². The second-order valence-corrected chi connectivity index (χ2v) is 4.54. The van der Waals surface area contributed by atoms with Crippen LogP contribution in [0.1, 0.15) is 6.92 Å². The molecule has 110 valence electrons. The molecule has 0 amide bonds. The summed E-state index contributed by atoms with van der Waals surface area (Å²) in [4.78, 5) is 21.7. The Labute approximate surface area is 112 Å². The molecule has 0 aromatic heterocycles. The lowest BCUT2D eigenvalue weighted by atomic mass is 10.2. The maximum Gasteiger partial charge on any atom is 0.351 e. The molecule has 4 nitrogen and oxygen atoms in total. The van der Waals surface area contributed by atoms with Gasteiger partial charge in [-0.2, -0.15) is 8.78 Å². The van der Waals surface area contributed by atoms with Gasteiger partial charge in [-0.05, 0) is 11.8 Å². The first-order valence-corrected chi connectivity index (χ1v) is 5.63. The second kappa shape index (κ2) is 6.18. The zero-order valence-corrected chi connectivity index (χ0v) is 10.4. The topological polar surface area (TPSA) is 63.6 Å². The lowest BCUT2D eigenvalue weighted by molar-refractivity contribution is -0.139. The van der Waals surface area contributed by atoms with E-state index in [0.29, 0.717) is 0 Å². The van der Waals surface area contributed by atoms with Gasteiger partial charge in [-0.3, -0.25) is 4.79 Å². The normalized spacial score (nSPS) is 12.2. The summed E-state index contributed by atoms with van der Waals surface area (Å²) in [5.41, 5.74) is -2.16. The van der Waals surface area contributed by atoms with Crippen LogP contribution in [-0.4, -0.2) is 21.6 Å². The van der Waals surface area contributed by atoms with E-state index in [1.165, 1.54) is 0 Å². The average Bonchev–Trinajstić information content (AvgIpc) is 2.38. The summed E-state index contributed by atoms with van der Waals surface area (Å²) in [5, 5.41) is 8.36. The van der Waals surface area contributed by atoms with E-state index in [4.69, 9.17) is 5.11 Å². The molecule has 1 rings (SSSR count). The Kier molecular flexibility index (Phi) is 5.06. The SMILES string of the molecule is CC(=O)SC(O)C(=O)Oc1c(F)c(F)c(F)c(F)c1F. The number of ether oxygens (including phenoxy) is 1. The zero-order chi connectivity index (χ0) is 15.6. The maximum atomic E-state index is 13.1. The molecule has 1 aromatic carbocycles. The minimum Gasteiger partial charge on any atom is -0.417 e. The Morgan fingerprint density at radius 2 is 1.40 bits per heavy atom. The number of benzene rings is 1. The van der Waals surface area contributed by atoms with Crippen LogP contribution in [0.5, 0.6) is 5.75 Å². The molecule has 0 spiro atoms. The highest BCUT2D eigenvalue weighted by atomic mass is 32.2. The molecular formula is C10H5F5O4S. The number of aliphatic hydroxyl groups is 1. The highest BCUT2D eigenvalue weighted by Crippen LogP contribution is 2.29. The fraction of sp³-hybridized carbons (Fsp3) is 0.200. The van der Waals surface area contributed by atoms with Crippen molar-refractivity contribution in [2.75, 3.05) is 0 Å². The molecule has 0 saturated carbocycles. The molecule has 0 aliphatic rings. The van der Waals surface area contributed by atoms with Crippen molar-refractivity contribution in [3.8, 4) is 5.75 Å². The van der Waals surface area contributed by atoms with Gasteiger partial charge in [0.1, 0.15) is 0 Å². The quantitative estimate of drug-likeness (QED) is 0.230. The lowest BCUT2D eigenvalue weighted by Gasteiger charge is -2.11. The summed E-state index contributed by atoms with van der Waals surface area (Å²) in [6.07, 6.45) is 0. The van der Waals surface area contributed by atoms with Crippen molar-refractivity contribution < 1.29 is 41.4 Å². The van der Waals surface area contributed by atoms with Gasteiger partial charge >= 0.3 is 5.97 Å². The van der Waals surface area contributed by atoms with E-state index in [-0.39, 0.29) is 11.8 Å². The van der Waals surface area contributed by atoms with Gasteiger partial charge in [0, 0.05) is 6.92 Å². The molecule has 0 heterocycles. The first-order chi connectivity index (χ1) is 9.16. The molecule has 1 atom stereocenters. The molecule has 0 radical (unpaired) electrons. The highest BCUT2D eigenvalue weighted by Gasteiger charge is 2.30. The fourth-order valence-electron chi connectivity index (χ4n) is 1.03. The van der Waals surface area contributed by atoms with Crippen molar-refractivity contribution in [2.24, 2.45) is 0 Å². The summed E-state index contributed by atoms with van der Waals surface area (Å²) in [6.45, 7) is 0.972. The Hall–Kier alpha value is -1.68. The van der Waals surface area contributed by atoms with Crippen LogP contribution in [0.2, 0.25) is 0 Å². The minimum absolute atomic E-state index is 0.0407. The largest absolute Gasteiger partial charge is 0.417 e. The molecule has 0 aliphatic carbocycles. The predicted octanol–water partition coefficient (Wildman–Crippen LogP) is 1.89. The third-order valence-corrected chi connectivity index (χ3v) is 2.60. The number of carbonyl (C=O) groups excluding carboxylic acids is 2. The molecule has 0 aliphatic heterocycles. The van der Waals surface area contributed by atoms with Gasteiger partial charge in [-0.1, -0.05) is 0 Å². The lowest BCUT2D eigenvalue weighted by Crippen LogP contribution is -2.25. The van der Waals surface area contributed by atoms with E-state index in [2.05, 4.69) is 4.74 Å². The first-order valence-electron chi connectivity index (χ1n) is 4.75. The number of hydrogen-bond donors (Lipinski definition) is 1. The van der Waals surface area contributed by atoms with Gasteiger partial charge in [0.05, 0.1) is 0 Å². The van der Waals surface area contributed by atoms with E-state index >= 15 is 0 Å². The van der Waals surface area contributed by atoms with E-state index < -0.39 is 51.4 Å². The first kappa shape index (κ1) is 16.4. The highest BCUT2D eigenvalue weighted by molar-refractivity contribution is 8.14. The fourth-order valence-corrected chi connectivity index (χ4v) is 1.49. The van der Waals surface area contributed by atoms with Crippen LogP contribution in [0.4, 0.5) is 22.0 Å². The summed E-state index contributed by atoms with van der Waals surface area (Å²) in [5.74, 6) is -15.4. The van der Waals surface area contributed by atoms with Crippen LogP contribution in [0.25, 0.3) is 0 Å². The molecule has 1 N–H and O–H groups in total. The number of thioether (sulfide) groups is 1. The minimum atomic E-state index is -2.42. The molecule has 0 fully saturated rings. The average molecular weight is 316 g/mol. The van der Waals surface area contributed by atoms with Crippen LogP contribution in [-0.2, 0) is 9.59 Å². The number of carbonyl (C=O) groups is 2. The van der Waals surface area contributed by atoms with Crippen LogP contribution < -0.4 is 4.74 Å². The van der Waals surface area contributed by atoms with Gasteiger partial charge in [0.15, 0.2) is 5.12 Å². The summed E-state index contributed by atoms with van der Waals surface area (Å²) in [6, 6.07) is 0. The second-order valence-electron chi connectivity index (χ2n) is 3.28. The van der Waals surface area contributed by atoms with Crippen LogP contribution >= 0.6 is 11.8 Å². The van der Waals surface area contributed by atoms with E-state index in [1.54, 1.807) is 0 Å². The van der Waals surface area contributed by atoms with E-state index in [9.17, 15) is 31.5 Å². The Morgan fingerprint density at radius 1 is 1.00 bits per heavy atom. The molecule has 1 unspecified atom stereocenters. The Balaban J connectivity index is 3.10. The summed E-state index contributed by atoms with van der Waals surface area (Å²) in [7, 11) is 0. The molecule has 1 aromatic rings. The van der Waals surface area contributed by atoms with Gasteiger partial charge in [-0.15, -0.1) is 0 Å². The smallest absolute Gasteiger partial charge is 0.351 e. The summed E-state index contributed by atoms with van der Waals surface area (Å²) >= 11 is 0.0407. The Bertz CT molecular complexity index is 548. The number of halogens is 5. The van der Waals surface area contributed by atoms with Crippen molar-refractivity contribution in [1.29, 1.82) is 0 Å². The number of esters is 1. The van der Waals surface area contributed by atoms with Crippen LogP contribution in [0, 0.1) is 29.1 Å². The molecule has 20 heavy (non-hydrogen) atoms. The third kappa shape index (κ3) is 3.25. The number of rotatable bonds is 3. The van der Waals surface area contributed by atoms with Gasteiger partial charge in [-0.25, -0.2) is 18.0 Å². The van der Waals surface area contributed by atoms with Gasteiger partial charge in [0.2, 0.25) is 40.3 Å². The van der Waals surface area contributed by atoms with Gasteiger partial charge in [0.25, 0.3) is 0 Å². The number of aliphatic hydroxyl groups excluding tert-OH is 1. The maximum absolute atomic E-state index is 13.1. The molecule has 10 heteroatoms. The zero-order valence-electron chi connectivity index (χ0n) is 9.55. The Morgan fingerprint density at radius 3 is 1.80 bits per heavy atom. The van der Waals surface area contributed by atoms with Crippen LogP contribution in [0.3, 0.4) is 0 Å². The molecular weight excluding hydrogens is 311 g/mol. The van der Waals surface area contributed by atoms with Crippen molar-refractivity contribution in [1.82, 2.24) is 0 Å². The third-order valence-electron chi connectivity index (χ3n) is 1.85. The standard InChI is InChI=1S/C10H5F5O4S/c1-2(16)20-10(18)9(17)19-8-6(14)4(12)3(11)5(13)7(8)15/h10,18H,1H3. The van der Waals surface area contributed by atoms with Crippen molar-refractivity contribution in [3.63, 3.8) is 0 Å². The van der Waals surface area contributed by atoms with Crippen molar-refractivity contribution in [3.05, 3.63) is 29.1 Å². The van der Waals surface area contributed by atoms with Crippen molar-refractivity contribution in [2.45, 2.75) is 12.4 Å². The van der Waals surface area contributed by atoms with E-state index in [0.717, 1.165) is 6.92 Å². The predicted molar refractivity (Wildman–Crippen MR) is 56.1 cm³/mol. The number of hydrogen-bond acceptors (Lipinski definition) is 5. The van der Waals surface area contributed by atoms with E-state index in [1.807, 2.05) is 0 Å². The van der Waals surface area contributed by atoms with Crippen molar-refractivity contribution >= 4 is 22.8 Å². The van der Waals surface area contributed by atoms with Crippen LogP contribution in [0.15, 0.2) is 0 Å². The summed E-state index contributed by atoms with van der Waals surface area (Å²) < 4.78 is 68.4.